The molecule has 1 aliphatic heterocycles. The molecule has 0 aromatic heterocycles. The molecule has 0 spiro atoms. The molecule has 0 saturated heterocycles. The number of hydrogen-bond acceptors (Lipinski definition) is 4. The summed E-state index contributed by atoms with van der Waals surface area (Å²) in [7, 11) is 1.59. The van der Waals surface area contributed by atoms with E-state index in [9.17, 15) is 9.59 Å². The Morgan fingerprint density at radius 3 is 2.70 bits per heavy atom. The van der Waals surface area contributed by atoms with Gasteiger partial charge in [0.25, 0.3) is 5.91 Å². The number of amides is 2. The van der Waals surface area contributed by atoms with Crippen molar-refractivity contribution in [2.75, 3.05) is 26.1 Å². The van der Waals surface area contributed by atoms with Gasteiger partial charge in [0.05, 0.1) is 19.3 Å². The van der Waals surface area contributed by atoms with E-state index < -0.39 is 0 Å². The molecule has 2 aliphatic rings. The van der Waals surface area contributed by atoms with Gasteiger partial charge < -0.3 is 20.1 Å². The summed E-state index contributed by atoms with van der Waals surface area (Å²) in [5.74, 6) is 0.884. The zero-order valence-electron chi connectivity index (χ0n) is 16.9. The molecule has 2 N–H and O–H groups in total. The van der Waals surface area contributed by atoms with Gasteiger partial charge in [-0.15, -0.1) is 11.6 Å². The Kier molecular flexibility index (Phi) is 5.86. The summed E-state index contributed by atoms with van der Waals surface area (Å²) in [5.41, 5.74) is 2.44. The van der Waals surface area contributed by atoms with Crippen LogP contribution in [0, 0.1) is 0 Å². The molecule has 1 fully saturated rings. The molecule has 0 atom stereocenters. The Morgan fingerprint density at radius 2 is 2.00 bits per heavy atom. The van der Waals surface area contributed by atoms with Gasteiger partial charge in [-0.05, 0) is 30.5 Å². The average Bonchev–Trinajstić information content (AvgIpc) is 3.23. The Balaban J connectivity index is 1.48. The van der Waals surface area contributed by atoms with E-state index in [0.29, 0.717) is 30.2 Å². The largest absolute Gasteiger partial charge is 0.497 e. The van der Waals surface area contributed by atoms with E-state index in [4.69, 9.17) is 21.1 Å². The Bertz CT molecular complexity index is 942. The van der Waals surface area contributed by atoms with Crippen molar-refractivity contribution in [1.29, 1.82) is 0 Å². The van der Waals surface area contributed by atoms with Crippen LogP contribution in [0.15, 0.2) is 42.5 Å². The van der Waals surface area contributed by atoms with Gasteiger partial charge in [-0.3, -0.25) is 9.59 Å². The maximum atomic E-state index is 13.0. The van der Waals surface area contributed by atoms with Crippen LogP contribution in [-0.2, 0) is 16.6 Å². The third-order valence-electron chi connectivity index (χ3n) is 5.98. The van der Waals surface area contributed by atoms with Crippen LogP contribution in [0.5, 0.6) is 11.5 Å². The minimum Gasteiger partial charge on any atom is -0.497 e. The fourth-order valence-corrected chi connectivity index (χ4v) is 4.50. The van der Waals surface area contributed by atoms with Crippen LogP contribution in [0.1, 0.15) is 34.3 Å². The van der Waals surface area contributed by atoms with Gasteiger partial charge in [-0.1, -0.05) is 30.3 Å². The molecule has 6 nitrogen and oxygen atoms in total. The predicted octanol–water partition coefficient (Wildman–Crippen LogP) is 2.82. The molecule has 1 heterocycles. The lowest BCUT2D eigenvalue weighted by Gasteiger charge is -2.48. The van der Waals surface area contributed by atoms with E-state index in [0.717, 1.165) is 30.4 Å². The summed E-state index contributed by atoms with van der Waals surface area (Å²) < 4.78 is 11.0. The number of nitrogens with one attached hydrogen (secondary N) is 2. The van der Waals surface area contributed by atoms with E-state index in [-0.39, 0.29) is 29.2 Å². The predicted molar refractivity (Wildman–Crippen MR) is 115 cm³/mol. The van der Waals surface area contributed by atoms with Gasteiger partial charge in [0, 0.05) is 30.0 Å². The van der Waals surface area contributed by atoms with E-state index >= 15 is 0 Å². The van der Waals surface area contributed by atoms with Gasteiger partial charge in [-0.2, -0.15) is 0 Å². The number of alkyl halides is 1. The summed E-state index contributed by atoms with van der Waals surface area (Å²) in [4.78, 5) is 24.7. The summed E-state index contributed by atoms with van der Waals surface area (Å²) in [6.45, 7) is 1.07. The van der Waals surface area contributed by atoms with Crippen molar-refractivity contribution in [3.05, 3.63) is 59.2 Å². The smallest absolute Gasteiger partial charge is 0.255 e. The fourth-order valence-electron chi connectivity index (χ4n) is 4.40. The number of fused-ring (bicyclic) bond motifs is 1. The molecule has 0 bridgehead atoms. The number of rotatable bonds is 7. The lowest BCUT2D eigenvalue weighted by atomic mass is 9.61. The van der Waals surface area contributed by atoms with Crippen LogP contribution < -0.4 is 20.1 Å². The molecule has 1 saturated carbocycles. The van der Waals surface area contributed by atoms with Crippen LogP contribution in [0.2, 0.25) is 0 Å². The van der Waals surface area contributed by atoms with Crippen molar-refractivity contribution in [2.45, 2.75) is 30.7 Å². The van der Waals surface area contributed by atoms with Gasteiger partial charge in [0.15, 0.2) is 0 Å². The lowest BCUT2D eigenvalue weighted by Crippen LogP contribution is -2.57. The first-order chi connectivity index (χ1) is 14.5. The minimum atomic E-state index is -0.215. The van der Waals surface area contributed by atoms with Crippen LogP contribution in [0.3, 0.4) is 0 Å². The van der Waals surface area contributed by atoms with Crippen molar-refractivity contribution in [3.8, 4) is 11.5 Å². The number of ether oxygens (including phenoxy) is 2. The van der Waals surface area contributed by atoms with Gasteiger partial charge in [0.2, 0.25) is 5.91 Å². The summed E-state index contributed by atoms with van der Waals surface area (Å²) in [6, 6.07) is 13.7. The van der Waals surface area contributed by atoms with Crippen LogP contribution in [0.25, 0.3) is 0 Å². The van der Waals surface area contributed by atoms with Crippen molar-refractivity contribution in [2.24, 2.45) is 0 Å². The highest BCUT2D eigenvalue weighted by molar-refractivity contribution is 6.27. The Hall–Kier alpha value is -2.73. The number of carbonyl (C=O) groups is 2. The molecule has 0 unspecified atom stereocenters. The highest BCUT2D eigenvalue weighted by atomic mass is 35.5. The standard InChI is InChI=1S/C23H25ClN2O4/c1-29-18-9-15-7-8-30-21(15)19(10-18)22(28)26-17-11-23(12-17,14-25-20(27)13-24)16-5-3-2-4-6-16/h2-6,9-10,17H,7-8,11-14H2,1H3,(H,25,27)(H,26,28). The maximum Gasteiger partial charge on any atom is 0.255 e. The van der Waals surface area contributed by atoms with Crippen molar-refractivity contribution < 1.29 is 19.1 Å². The second-order valence-corrected chi connectivity index (χ2v) is 8.16. The zero-order valence-corrected chi connectivity index (χ0v) is 17.6. The quantitative estimate of drug-likeness (QED) is 0.665. The molecule has 2 aromatic carbocycles. The monoisotopic (exact) mass is 428 g/mol. The molecule has 2 aromatic rings. The van der Waals surface area contributed by atoms with E-state index in [1.165, 1.54) is 0 Å². The molecule has 30 heavy (non-hydrogen) atoms. The second kappa shape index (κ2) is 8.56. The zero-order chi connectivity index (χ0) is 21.1. The number of methoxy groups -OCH3 is 1. The molecule has 4 rings (SSSR count). The third-order valence-corrected chi connectivity index (χ3v) is 6.22. The third kappa shape index (κ3) is 3.97. The van der Waals surface area contributed by atoms with Crippen molar-refractivity contribution in [1.82, 2.24) is 10.6 Å². The molecule has 1 aliphatic carbocycles. The Morgan fingerprint density at radius 1 is 1.23 bits per heavy atom. The van der Waals surface area contributed by atoms with Gasteiger partial charge in [-0.25, -0.2) is 0 Å². The van der Waals surface area contributed by atoms with Crippen LogP contribution >= 0.6 is 11.6 Å². The summed E-state index contributed by atoms with van der Waals surface area (Å²) >= 11 is 5.63. The molecule has 7 heteroatoms. The highest BCUT2D eigenvalue weighted by Crippen LogP contribution is 2.44. The summed E-state index contributed by atoms with van der Waals surface area (Å²) in [5, 5.41) is 6.03. The first-order valence-corrected chi connectivity index (χ1v) is 10.6. The minimum absolute atomic E-state index is 0.00821. The normalized spacial score (nSPS) is 21.7. The van der Waals surface area contributed by atoms with Crippen molar-refractivity contribution in [3.63, 3.8) is 0 Å². The summed E-state index contributed by atoms with van der Waals surface area (Å²) in [6.07, 6.45) is 2.24. The number of carbonyl (C=O) groups excluding carboxylic acids is 2. The molecular formula is C23H25ClN2O4. The second-order valence-electron chi connectivity index (χ2n) is 7.90. The fraction of sp³-hybridized carbons (Fsp3) is 0.391. The maximum absolute atomic E-state index is 13.0. The first-order valence-electron chi connectivity index (χ1n) is 10.1. The van der Waals surface area contributed by atoms with E-state index in [1.807, 2.05) is 24.3 Å². The SMILES string of the molecule is COc1cc2c(c(C(=O)NC3CC(CNC(=O)CCl)(c4ccccc4)C3)c1)OCC2. The van der Waals surface area contributed by atoms with Gasteiger partial charge in [0.1, 0.15) is 17.4 Å². The van der Waals surface area contributed by atoms with Gasteiger partial charge >= 0.3 is 0 Å². The number of benzene rings is 2. The lowest BCUT2D eigenvalue weighted by molar-refractivity contribution is -0.119. The molecular weight excluding hydrogens is 404 g/mol. The topological polar surface area (TPSA) is 76.7 Å². The average molecular weight is 429 g/mol. The van der Waals surface area contributed by atoms with E-state index in [1.54, 1.807) is 13.2 Å². The molecule has 0 radical (unpaired) electrons. The number of halogens is 1. The van der Waals surface area contributed by atoms with Crippen LogP contribution in [0.4, 0.5) is 0 Å². The number of hydrogen-bond donors (Lipinski definition) is 2. The van der Waals surface area contributed by atoms with Crippen molar-refractivity contribution >= 4 is 23.4 Å². The van der Waals surface area contributed by atoms with E-state index in [2.05, 4.69) is 22.8 Å². The van der Waals surface area contributed by atoms with Crippen LogP contribution in [-0.4, -0.2) is 44.0 Å². The molecule has 158 valence electrons. The molecule has 2 amide bonds. The Labute approximate surface area is 180 Å². The highest BCUT2D eigenvalue weighted by Gasteiger charge is 2.46. The first kappa shape index (κ1) is 20.5.